The number of hydroxylamine groups is 1. The Morgan fingerprint density at radius 1 is 1.50 bits per heavy atom. The average Bonchev–Trinajstić information content (AvgIpc) is 2.17. The summed E-state index contributed by atoms with van der Waals surface area (Å²) < 4.78 is 23.9. The molecule has 0 amide bonds. The zero-order chi connectivity index (χ0) is 10.8. The summed E-state index contributed by atoms with van der Waals surface area (Å²) in [6.07, 6.45) is 1.18. The highest BCUT2D eigenvalue weighted by molar-refractivity contribution is 7.89. The summed E-state index contributed by atoms with van der Waals surface area (Å²) in [7, 11) is -1.05. The van der Waals surface area contributed by atoms with Crippen molar-refractivity contribution in [3.05, 3.63) is 18.3 Å². The highest BCUT2D eigenvalue weighted by Gasteiger charge is 2.20. The van der Waals surface area contributed by atoms with Crippen LogP contribution in [0.15, 0.2) is 23.2 Å². The Morgan fingerprint density at radius 2 is 2.14 bits per heavy atom. The summed E-state index contributed by atoms with van der Waals surface area (Å²) in [6, 6.07) is 2.78. The lowest BCUT2D eigenvalue weighted by atomic mass is 10.5. The van der Waals surface area contributed by atoms with E-state index in [2.05, 4.69) is 9.82 Å². The normalized spacial score (nSPS) is 11.9. The first-order chi connectivity index (χ1) is 6.48. The molecule has 1 rings (SSSR count). The molecule has 0 fully saturated rings. The van der Waals surface area contributed by atoms with Crippen LogP contribution in [0.3, 0.4) is 0 Å². The van der Waals surface area contributed by atoms with Gasteiger partial charge in [-0.3, -0.25) is 4.84 Å². The van der Waals surface area contributed by atoms with Crippen LogP contribution < -0.4 is 5.73 Å². The molecule has 0 radical (unpaired) electrons. The second-order valence-electron chi connectivity index (χ2n) is 2.52. The van der Waals surface area contributed by atoms with Crippen molar-refractivity contribution in [2.75, 3.05) is 19.9 Å². The minimum atomic E-state index is -3.61. The zero-order valence-corrected chi connectivity index (χ0v) is 8.65. The first-order valence-electron chi connectivity index (χ1n) is 3.73. The first kappa shape index (κ1) is 10.9. The van der Waals surface area contributed by atoms with Crippen LogP contribution in [0.1, 0.15) is 0 Å². The van der Waals surface area contributed by atoms with Crippen LogP contribution in [0.2, 0.25) is 0 Å². The molecule has 14 heavy (non-hydrogen) atoms. The monoisotopic (exact) mass is 217 g/mol. The third-order valence-electron chi connectivity index (χ3n) is 1.65. The number of aromatic nitrogens is 1. The van der Waals surface area contributed by atoms with E-state index in [1.807, 2.05) is 0 Å². The van der Waals surface area contributed by atoms with Gasteiger partial charge in [0.05, 0.1) is 7.11 Å². The van der Waals surface area contributed by atoms with Crippen LogP contribution in [-0.2, 0) is 14.9 Å². The molecule has 2 N–H and O–H groups in total. The van der Waals surface area contributed by atoms with E-state index in [1.54, 1.807) is 0 Å². The van der Waals surface area contributed by atoms with Crippen LogP contribution >= 0.6 is 0 Å². The topological polar surface area (TPSA) is 85.5 Å². The number of nitrogens with two attached hydrogens (primary N) is 1. The van der Waals surface area contributed by atoms with Gasteiger partial charge in [-0.15, -0.1) is 0 Å². The van der Waals surface area contributed by atoms with Crippen LogP contribution in [0, 0.1) is 0 Å². The lowest BCUT2D eigenvalue weighted by molar-refractivity contribution is -0.0258. The van der Waals surface area contributed by atoms with Crippen LogP contribution in [0.5, 0.6) is 0 Å². The number of nitrogens with zero attached hydrogens (tertiary/aromatic N) is 2. The second-order valence-corrected chi connectivity index (χ2v) is 4.45. The van der Waals surface area contributed by atoms with E-state index in [-0.39, 0.29) is 10.7 Å². The van der Waals surface area contributed by atoms with E-state index < -0.39 is 10.0 Å². The lowest BCUT2D eigenvalue weighted by Crippen LogP contribution is -2.25. The average molecular weight is 217 g/mol. The van der Waals surface area contributed by atoms with Gasteiger partial charge < -0.3 is 5.73 Å². The highest BCUT2D eigenvalue weighted by Crippen LogP contribution is 2.13. The van der Waals surface area contributed by atoms with E-state index in [9.17, 15) is 8.42 Å². The standard InChI is InChI=1S/C7H11N3O3S/c1-10(13-2)14(11,12)6-3-4-7(8)9-5-6/h3-5H,1-2H3,(H2,8,9). The predicted molar refractivity (Wildman–Crippen MR) is 50.6 cm³/mol. The van der Waals surface area contributed by atoms with E-state index in [0.29, 0.717) is 0 Å². The molecule has 1 aromatic heterocycles. The SMILES string of the molecule is CON(C)S(=O)(=O)c1ccc(N)nc1. The van der Waals surface area contributed by atoms with Crippen molar-refractivity contribution in [2.24, 2.45) is 0 Å². The van der Waals surface area contributed by atoms with E-state index in [1.165, 1.54) is 32.5 Å². The van der Waals surface area contributed by atoms with Crippen LogP contribution in [0.4, 0.5) is 5.82 Å². The minimum absolute atomic E-state index is 0.0380. The van der Waals surface area contributed by atoms with Crippen molar-refractivity contribution < 1.29 is 13.3 Å². The molecule has 78 valence electrons. The smallest absolute Gasteiger partial charge is 0.266 e. The maximum absolute atomic E-state index is 11.6. The number of pyridine rings is 1. The predicted octanol–water partition coefficient (Wildman–Crippen LogP) is -0.154. The Morgan fingerprint density at radius 3 is 2.57 bits per heavy atom. The van der Waals surface area contributed by atoms with Crippen molar-refractivity contribution in [1.82, 2.24) is 9.45 Å². The fourth-order valence-corrected chi connectivity index (χ4v) is 1.71. The Labute approximate surface area is 82.3 Å². The molecule has 0 atom stereocenters. The molecule has 6 nitrogen and oxygen atoms in total. The van der Waals surface area contributed by atoms with Gasteiger partial charge in [-0.05, 0) is 12.1 Å². The lowest BCUT2D eigenvalue weighted by Gasteiger charge is -2.13. The Hall–Kier alpha value is -1.18. The van der Waals surface area contributed by atoms with E-state index in [4.69, 9.17) is 5.73 Å². The molecule has 1 aromatic rings. The van der Waals surface area contributed by atoms with Gasteiger partial charge >= 0.3 is 0 Å². The molecule has 0 saturated heterocycles. The fraction of sp³-hybridized carbons (Fsp3) is 0.286. The zero-order valence-electron chi connectivity index (χ0n) is 7.84. The summed E-state index contributed by atoms with van der Waals surface area (Å²) in [5.41, 5.74) is 5.33. The molecule has 1 heterocycles. The third-order valence-corrected chi connectivity index (χ3v) is 3.32. The molecule has 0 aliphatic heterocycles. The van der Waals surface area contributed by atoms with Gasteiger partial charge in [-0.1, -0.05) is 4.47 Å². The van der Waals surface area contributed by atoms with Gasteiger partial charge in [0.25, 0.3) is 10.0 Å². The van der Waals surface area contributed by atoms with Crippen molar-refractivity contribution in [3.63, 3.8) is 0 Å². The van der Waals surface area contributed by atoms with Crippen molar-refractivity contribution in [2.45, 2.75) is 4.90 Å². The van der Waals surface area contributed by atoms with Crippen molar-refractivity contribution in [1.29, 1.82) is 0 Å². The second kappa shape index (κ2) is 3.91. The van der Waals surface area contributed by atoms with Gasteiger partial charge in [-0.2, -0.15) is 0 Å². The molecular weight excluding hydrogens is 206 g/mol. The maximum atomic E-state index is 11.6. The van der Waals surface area contributed by atoms with Crippen LogP contribution in [0.25, 0.3) is 0 Å². The Kier molecular flexibility index (Phi) is 3.04. The maximum Gasteiger partial charge on any atom is 0.266 e. The highest BCUT2D eigenvalue weighted by atomic mass is 32.2. The molecule has 0 bridgehead atoms. The van der Waals surface area contributed by atoms with E-state index >= 15 is 0 Å². The van der Waals surface area contributed by atoms with Crippen molar-refractivity contribution >= 4 is 15.8 Å². The molecule has 0 aliphatic rings. The van der Waals surface area contributed by atoms with Gasteiger partial charge in [0.15, 0.2) is 0 Å². The molecular formula is C7H11N3O3S. The summed E-state index contributed by atoms with van der Waals surface area (Å²) >= 11 is 0. The minimum Gasteiger partial charge on any atom is -0.384 e. The number of sulfonamides is 1. The molecule has 0 unspecified atom stereocenters. The number of hydrogen-bond acceptors (Lipinski definition) is 5. The van der Waals surface area contributed by atoms with Gasteiger partial charge in [0.2, 0.25) is 0 Å². The fourth-order valence-electron chi connectivity index (χ4n) is 0.791. The summed E-state index contributed by atoms with van der Waals surface area (Å²) in [6.45, 7) is 0. The molecule has 0 saturated carbocycles. The Balaban J connectivity index is 3.11. The number of hydrogen-bond donors (Lipinski definition) is 1. The number of rotatable bonds is 3. The molecule has 0 aromatic carbocycles. The number of nitrogen functional groups attached to an aromatic ring is 1. The first-order valence-corrected chi connectivity index (χ1v) is 5.17. The van der Waals surface area contributed by atoms with Gasteiger partial charge in [0.1, 0.15) is 10.7 Å². The van der Waals surface area contributed by atoms with Gasteiger partial charge in [0, 0.05) is 13.2 Å². The van der Waals surface area contributed by atoms with Gasteiger partial charge in [-0.25, -0.2) is 13.4 Å². The largest absolute Gasteiger partial charge is 0.384 e. The number of anilines is 1. The molecule has 0 aliphatic carbocycles. The molecule has 0 spiro atoms. The quantitative estimate of drug-likeness (QED) is 0.711. The van der Waals surface area contributed by atoms with E-state index in [0.717, 1.165) is 4.47 Å². The van der Waals surface area contributed by atoms with Crippen molar-refractivity contribution in [3.8, 4) is 0 Å². The third kappa shape index (κ3) is 2.00. The Bertz CT molecular complexity index is 401. The van der Waals surface area contributed by atoms with Crippen LogP contribution in [-0.4, -0.2) is 32.0 Å². The summed E-state index contributed by atoms with van der Waals surface area (Å²) in [4.78, 5) is 8.30. The summed E-state index contributed by atoms with van der Waals surface area (Å²) in [5, 5.41) is 0. The molecule has 7 heteroatoms. The summed E-state index contributed by atoms with van der Waals surface area (Å²) in [5.74, 6) is 0.268.